The van der Waals surface area contributed by atoms with Crippen molar-refractivity contribution in [2.75, 3.05) is 11.4 Å². The van der Waals surface area contributed by atoms with Crippen molar-refractivity contribution in [2.24, 2.45) is 5.92 Å². The average molecular weight is 245 g/mol. The van der Waals surface area contributed by atoms with Gasteiger partial charge in [-0.15, -0.1) is 0 Å². The minimum Gasteiger partial charge on any atom is -0.392 e. The molecule has 1 N–H and O–H groups in total. The summed E-state index contributed by atoms with van der Waals surface area (Å²) in [5, 5.41) is 9.11. The Morgan fingerprint density at radius 2 is 1.72 bits per heavy atom. The third kappa shape index (κ3) is 2.26. The third-order valence-corrected chi connectivity index (χ3v) is 4.69. The van der Waals surface area contributed by atoms with Crippen molar-refractivity contribution in [2.45, 2.75) is 51.2 Å². The lowest BCUT2D eigenvalue weighted by atomic mass is 9.78. The second kappa shape index (κ2) is 5.31. The molecule has 2 atom stereocenters. The molecule has 1 heterocycles. The van der Waals surface area contributed by atoms with Crippen LogP contribution >= 0.6 is 0 Å². The molecule has 2 heteroatoms. The minimum atomic E-state index is 0.145. The third-order valence-electron chi connectivity index (χ3n) is 4.69. The Balaban J connectivity index is 1.80. The molecule has 1 aliphatic carbocycles. The Bertz CT molecular complexity index is 385. The van der Waals surface area contributed by atoms with Crippen molar-refractivity contribution < 1.29 is 5.11 Å². The quantitative estimate of drug-likeness (QED) is 0.864. The molecule has 98 valence electrons. The molecule has 2 aliphatic rings. The molecule has 3 rings (SSSR count). The van der Waals surface area contributed by atoms with E-state index in [1.54, 1.807) is 0 Å². The van der Waals surface area contributed by atoms with E-state index in [2.05, 4.69) is 29.2 Å². The standard InChI is InChI=1S/C16H23NO/c18-12-13-7-9-15(10-8-13)17-11-3-5-14-4-1-2-6-16(14)17/h7-10,14,16,18H,1-6,11-12H2. The first-order chi connectivity index (χ1) is 8.88. The zero-order valence-electron chi connectivity index (χ0n) is 11.0. The molecule has 1 saturated carbocycles. The van der Waals surface area contributed by atoms with Gasteiger partial charge in [-0.1, -0.05) is 25.0 Å². The lowest BCUT2D eigenvalue weighted by molar-refractivity contribution is 0.244. The van der Waals surface area contributed by atoms with Gasteiger partial charge in [-0.2, -0.15) is 0 Å². The van der Waals surface area contributed by atoms with Gasteiger partial charge in [0.15, 0.2) is 0 Å². The van der Waals surface area contributed by atoms with Crippen LogP contribution in [0, 0.1) is 5.92 Å². The molecule has 0 spiro atoms. The SMILES string of the molecule is OCc1ccc(N2CCCC3CCCCC32)cc1. The fourth-order valence-corrected chi connectivity index (χ4v) is 3.74. The van der Waals surface area contributed by atoms with Crippen LogP contribution < -0.4 is 4.90 Å². The van der Waals surface area contributed by atoms with E-state index in [0.29, 0.717) is 0 Å². The van der Waals surface area contributed by atoms with Gasteiger partial charge in [0.05, 0.1) is 6.61 Å². The van der Waals surface area contributed by atoms with Gasteiger partial charge >= 0.3 is 0 Å². The van der Waals surface area contributed by atoms with Gasteiger partial charge in [0.25, 0.3) is 0 Å². The van der Waals surface area contributed by atoms with E-state index in [1.807, 2.05) is 0 Å². The summed E-state index contributed by atoms with van der Waals surface area (Å²) in [6, 6.07) is 9.25. The van der Waals surface area contributed by atoms with Gasteiger partial charge in [0, 0.05) is 18.3 Å². The Morgan fingerprint density at radius 1 is 1.00 bits per heavy atom. The molecule has 2 fully saturated rings. The number of piperidine rings is 1. The summed E-state index contributed by atoms with van der Waals surface area (Å²) in [7, 11) is 0. The highest BCUT2D eigenvalue weighted by Crippen LogP contribution is 2.37. The van der Waals surface area contributed by atoms with Crippen molar-refractivity contribution in [3.05, 3.63) is 29.8 Å². The molecule has 1 saturated heterocycles. The number of fused-ring (bicyclic) bond motifs is 1. The van der Waals surface area contributed by atoms with Crippen LogP contribution in [0.1, 0.15) is 44.1 Å². The maximum absolute atomic E-state index is 9.11. The van der Waals surface area contributed by atoms with E-state index >= 15 is 0 Å². The normalized spacial score (nSPS) is 27.9. The summed E-state index contributed by atoms with van der Waals surface area (Å²) in [4.78, 5) is 2.62. The summed E-state index contributed by atoms with van der Waals surface area (Å²) in [6.45, 7) is 1.35. The summed E-state index contributed by atoms with van der Waals surface area (Å²) in [5.74, 6) is 0.921. The second-order valence-electron chi connectivity index (χ2n) is 5.77. The molecule has 0 amide bonds. The first-order valence-corrected chi connectivity index (χ1v) is 7.35. The molecule has 0 aromatic heterocycles. The van der Waals surface area contributed by atoms with E-state index in [9.17, 15) is 0 Å². The van der Waals surface area contributed by atoms with Crippen LogP contribution in [0.3, 0.4) is 0 Å². The monoisotopic (exact) mass is 245 g/mol. The van der Waals surface area contributed by atoms with Crippen molar-refractivity contribution in [1.29, 1.82) is 0 Å². The maximum atomic E-state index is 9.11. The van der Waals surface area contributed by atoms with Crippen LogP contribution in [0.25, 0.3) is 0 Å². The lowest BCUT2D eigenvalue weighted by Crippen LogP contribution is -2.46. The first-order valence-electron chi connectivity index (χ1n) is 7.35. The highest BCUT2D eigenvalue weighted by molar-refractivity contribution is 5.49. The van der Waals surface area contributed by atoms with Crippen LogP contribution in [0.4, 0.5) is 5.69 Å². The topological polar surface area (TPSA) is 23.5 Å². The number of benzene rings is 1. The molecule has 18 heavy (non-hydrogen) atoms. The van der Waals surface area contributed by atoms with Gasteiger partial charge in [0.2, 0.25) is 0 Å². The number of hydrogen-bond donors (Lipinski definition) is 1. The lowest BCUT2D eigenvalue weighted by Gasteiger charge is -2.45. The van der Waals surface area contributed by atoms with E-state index < -0.39 is 0 Å². The smallest absolute Gasteiger partial charge is 0.0681 e. The second-order valence-corrected chi connectivity index (χ2v) is 5.77. The van der Waals surface area contributed by atoms with Gasteiger partial charge in [-0.25, -0.2) is 0 Å². The predicted octanol–water partition coefficient (Wildman–Crippen LogP) is 3.34. The Labute approximate surface area is 110 Å². The number of hydrogen-bond acceptors (Lipinski definition) is 2. The summed E-state index contributed by atoms with van der Waals surface area (Å²) >= 11 is 0. The fourth-order valence-electron chi connectivity index (χ4n) is 3.74. The van der Waals surface area contributed by atoms with Crippen LogP contribution in [-0.4, -0.2) is 17.7 Å². The van der Waals surface area contributed by atoms with E-state index in [1.165, 1.54) is 50.8 Å². The van der Waals surface area contributed by atoms with Crippen molar-refractivity contribution in [3.8, 4) is 0 Å². The van der Waals surface area contributed by atoms with Crippen LogP contribution in [0.15, 0.2) is 24.3 Å². The number of rotatable bonds is 2. The number of anilines is 1. The summed E-state index contributed by atoms with van der Waals surface area (Å²) < 4.78 is 0. The molecule has 1 aromatic rings. The largest absolute Gasteiger partial charge is 0.392 e. The van der Waals surface area contributed by atoms with Gasteiger partial charge in [-0.05, 0) is 49.3 Å². The Kier molecular flexibility index (Phi) is 3.55. The van der Waals surface area contributed by atoms with Crippen molar-refractivity contribution in [3.63, 3.8) is 0 Å². The average Bonchev–Trinajstić information content (AvgIpc) is 2.47. The molecule has 0 bridgehead atoms. The van der Waals surface area contributed by atoms with Crippen LogP contribution in [-0.2, 0) is 6.61 Å². The molecule has 2 unspecified atom stereocenters. The van der Waals surface area contributed by atoms with Gasteiger partial charge in [-0.3, -0.25) is 0 Å². The van der Waals surface area contributed by atoms with E-state index in [4.69, 9.17) is 5.11 Å². The summed E-state index contributed by atoms with van der Waals surface area (Å²) in [6.07, 6.45) is 8.38. The van der Waals surface area contributed by atoms with Crippen LogP contribution in [0.2, 0.25) is 0 Å². The zero-order chi connectivity index (χ0) is 12.4. The van der Waals surface area contributed by atoms with Gasteiger partial charge in [0.1, 0.15) is 0 Å². The molecular weight excluding hydrogens is 222 g/mol. The van der Waals surface area contributed by atoms with E-state index in [0.717, 1.165) is 17.5 Å². The molecular formula is C16H23NO. The number of nitrogens with zero attached hydrogens (tertiary/aromatic N) is 1. The fraction of sp³-hybridized carbons (Fsp3) is 0.625. The molecule has 0 radical (unpaired) electrons. The van der Waals surface area contributed by atoms with Crippen LogP contribution in [0.5, 0.6) is 0 Å². The number of aliphatic hydroxyl groups is 1. The maximum Gasteiger partial charge on any atom is 0.0681 e. The van der Waals surface area contributed by atoms with Crippen molar-refractivity contribution in [1.82, 2.24) is 0 Å². The minimum absolute atomic E-state index is 0.145. The molecule has 2 nitrogen and oxygen atoms in total. The zero-order valence-corrected chi connectivity index (χ0v) is 11.0. The number of aliphatic hydroxyl groups excluding tert-OH is 1. The Hall–Kier alpha value is -1.02. The van der Waals surface area contributed by atoms with Crippen molar-refractivity contribution >= 4 is 5.69 Å². The molecule has 1 aliphatic heterocycles. The molecule has 1 aromatic carbocycles. The highest BCUT2D eigenvalue weighted by Gasteiger charge is 2.33. The highest BCUT2D eigenvalue weighted by atomic mass is 16.3. The van der Waals surface area contributed by atoms with Gasteiger partial charge < -0.3 is 10.0 Å². The summed E-state index contributed by atoms with van der Waals surface area (Å²) in [5.41, 5.74) is 2.36. The predicted molar refractivity (Wildman–Crippen MR) is 74.7 cm³/mol. The first kappa shape index (κ1) is 12.0. The van der Waals surface area contributed by atoms with E-state index in [-0.39, 0.29) is 6.61 Å². The Morgan fingerprint density at radius 3 is 2.50 bits per heavy atom.